The Balaban J connectivity index is 1.66. The molecule has 0 radical (unpaired) electrons. The van der Waals surface area contributed by atoms with E-state index in [1.54, 1.807) is 23.8 Å². The molecular weight excluding hydrogens is 442 g/mol. The maximum atomic E-state index is 13.2. The maximum Gasteiger partial charge on any atom is 0.282 e. The van der Waals surface area contributed by atoms with E-state index in [0.29, 0.717) is 24.5 Å². The predicted molar refractivity (Wildman–Crippen MR) is 118 cm³/mol. The van der Waals surface area contributed by atoms with E-state index in [9.17, 15) is 13.2 Å². The summed E-state index contributed by atoms with van der Waals surface area (Å²) in [5.41, 5.74) is 2.58. The standard InChI is InChI=1S/C20H26ClN5O4S/c1-24(18(20(27)23-28)9-7-16-5-3-2-4-6-16)31(29,30)26-13-11-25(12-14-26)19-10-8-17(21)15-22-19/h2-6,8,10,15,18,28H,7,9,11-14H2,1H3,(H,23,27)/t18-/m0/s1. The van der Waals surface area contributed by atoms with Crippen molar-refractivity contribution in [2.75, 3.05) is 38.1 Å². The van der Waals surface area contributed by atoms with Crippen molar-refractivity contribution < 1.29 is 18.4 Å². The van der Waals surface area contributed by atoms with Gasteiger partial charge in [-0.1, -0.05) is 41.9 Å². The number of carbonyl (C=O) groups excluding carboxylic acids is 1. The van der Waals surface area contributed by atoms with Crippen LogP contribution in [0.25, 0.3) is 0 Å². The highest BCUT2D eigenvalue weighted by Gasteiger charge is 2.37. The summed E-state index contributed by atoms with van der Waals surface area (Å²) in [6, 6.07) is 12.0. The number of likely N-dealkylation sites (N-methyl/N-ethyl adjacent to an activating group) is 1. The van der Waals surface area contributed by atoms with Crippen molar-refractivity contribution in [2.45, 2.75) is 18.9 Å². The topological polar surface area (TPSA) is 106 Å². The largest absolute Gasteiger partial charge is 0.354 e. The molecule has 0 unspecified atom stereocenters. The zero-order valence-corrected chi connectivity index (χ0v) is 18.8. The van der Waals surface area contributed by atoms with E-state index < -0.39 is 22.2 Å². The van der Waals surface area contributed by atoms with E-state index in [2.05, 4.69) is 4.98 Å². The fourth-order valence-corrected chi connectivity index (χ4v) is 5.17. The summed E-state index contributed by atoms with van der Waals surface area (Å²) in [5.74, 6) is -0.0267. The predicted octanol–water partition coefficient (Wildman–Crippen LogP) is 1.54. The molecule has 1 aromatic heterocycles. The van der Waals surface area contributed by atoms with Gasteiger partial charge in [-0.25, -0.2) is 10.5 Å². The number of benzene rings is 1. The van der Waals surface area contributed by atoms with Crippen LogP contribution >= 0.6 is 11.6 Å². The van der Waals surface area contributed by atoms with Gasteiger partial charge in [-0.15, -0.1) is 0 Å². The van der Waals surface area contributed by atoms with E-state index >= 15 is 0 Å². The maximum absolute atomic E-state index is 13.2. The highest BCUT2D eigenvalue weighted by molar-refractivity contribution is 7.86. The molecule has 11 heteroatoms. The Labute approximate surface area is 187 Å². The zero-order valence-electron chi connectivity index (χ0n) is 17.2. The molecule has 1 aliphatic heterocycles. The lowest BCUT2D eigenvalue weighted by Crippen LogP contribution is -2.56. The first-order chi connectivity index (χ1) is 14.8. The Morgan fingerprint density at radius 2 is 1.87 bits per heavy atom. The molecule has 0 aliphatic carbocycles. The molecule has 1 aromatic carbocycles. The highest BCUT2D eigenvalue weighted by atomic mass is 35.5. The molecule has 0 spiro atoms. The summed E-state index contributed by atoms with van der Waals surface area (Å²) in [6.07, 6.45) is 2.29. The van der Waals surface area contributed by atoms with Gasteiger partial charge < -0.3 is 4.90 Å². The average Bonchev–Trinajstić information content (AvgIpc) is 2.80. The number of hydroxylamine groups is 1. The zero-order chi connectivity index (χ0) is 22.4. The summed E-state index contributed by atoms with van der Waals surface area (Å²) >= 11 is 5.88. The van der Waals surface area contributed by atoms with Gasteiger partial charge in [0.2, 0.25) is 0 Å². The van der Waals surface area contributed by atoms with Crippen molar-refractivity contribution in [2.24, 2.45) is 0 Å². The van der Waals surface area contributed by atoms with Crippen LogP contribution in [-0.4, -0.2) is 72.4 Å². The normalized spacial score (nSPS) is 16.3. The smallest absolute Gasteiger partial charge is 0.282 e. The molecule has 1 atom stereocenters. The van der Waals surface area contributed by atoms with Crippen molar-refractivity contribution in [1.82, 2.24) is 19.1 Å². The molecule has 2 N–H and O–H groups in total. The molecule has 1 saturated heterocycles. The van der Waals surface area contributed by atoms with Gasteiger partial charge in [-0.2, -0.15) is 17.0 Å². The Kier molecular flexibility index (Phi) is 7.84. The molecular formula is C20H26ClN5O4S. The number of pyridine rings is 1. The summed E-state index contributed by atoms with van der Waals surface area (Å²) in [5, 5.41) is 9.69. The van der Waals surface area contributed by atoms with Crippen LogP contribution in [0.2, 0.25) is 5.02 Å². The summed E-state index contributed by atoms with van der Waals surface area (Å²) < 4.78 is 28.8. The average molecular weight is 468 g/mol. The van der Waals surface area contributed by atoms with Gasteiger partial charge in [-0.3, -0.25) is 10.0 Å². The number of anilines is 1. The van der Waals surface area contributed by atoms with E-state index in [4.69, 9.17) is 16.8 Å². The van der Waals surface area contributed by atoms with E-state index in [-0.39, 0.29) is 19.5 Å². The number of halogens is 1. The number of aryl methyl sites for hydroxylation is 1. The van der Waals surface area contributed by atoms with Crippen LogP contribution in [0.15, 0.2) is 48.7 Å². The number of nitrogens with zero attached hydrogens (tertiary/aromatic N) is 4. The molecule has 2 aromatic rings. The monoisotopic (exact) mass is 467 g/mol. The highest BCUT2D eigenvalue weighted by Crippen LogP contribution is 2.20. The number of hydrogen-bond donors (Lipinski definition) is 2. The van der Waals surface area contributed by atoms with Gasteiger partial charge in [0.15, 0.2) is 0 Å². The molecule has 1 fully saturated rings. The first-order valence-electron chi connectivity index (χ1n) is 9.90. The van der Waals surface area contributed by atoms with E-state index in [1.165, 1.54) is 11.4 Å². The molecule has 0 bridgehead atoms. The van der Waals surface area contributed by atoms with Crippen LogP contribution in [0.3, 0.4) is 0 Å². The van der Waals surface area contributed by atoms with Gasteiger partial charge in [0, 0.05) is 39.4 Å². The van der Waals surface area contributed by atoms with Crippen LogP contribution in [0.5, 0.6) is 0 Å². The van der Waals surface area contributed by atoms with Crippen LogP contribution in [0.1, 0.15) is 12.0 Å². The van der Waals surface area contributed by atoms with Crippen molar-refractivity contribution >= 4 is 33.5 Å². The number of aromatic nitrogens is 1. The van der Waals surface area contributed by atoms with Gasteiger partial charge in [-0.05, 0) is 30.5 Å². The number of carbonyl (C=O) groups is 1. The number of nitrogens with one attached hydrogen (secondary N) is 1. The van der Waals surface area contributed by atoms with E-state index in [0.717, 1.165) is 15.7 Å². The Morgan fingerprint density at radius 3 is 2.45 bits per heavy atom. The third-order valence-electron chi connectivity index (χ3n) is 5.37. The van der Waals surface area contributed by atoms with Crippen molar-refractivity contribution in [3.63, 3.8) is 0 Å². The third kappa shape index (κ3) is 5.72. The number of rotatable bonds is 8. The molecule has 1 aliphatic rings. The Hall–Kier alpha value is -2.24. The minimum absolute atomic E-state index is 0.237. The molecule has 168 valence electrons. The number of hydrogen-bond acceptors (Lipinski definition) is 6. The van der Waals surface area contributed by atoms with Crippen LogP contribution in [0, 0.1) is 0 Å². The van der Waals surface area contributed by atoms with E-state index in [1.807, 2.05) is 35.2 Å². The molecule has 2 heterocycles. The molecule has 3 rings (SSSR count). The van der Waals surface area contributed by atoms with Gasteiger partial charge >= 0.3 is 0 Å². The van der Waals surface area contributed by atoms with Crippen LogP contribution in [-0.2, 0) is 21.4 Å². The lowest BCUT2D eigenvalue weighted by Gasteiger charge is -2.37. The minimum atomic E-state index is -3.91. The second-order valence-corrected chi connectivity index (χ2v) is 9.69. The fourth-order valence-electron chi connectivity index (χ4n) is 3.55. The van der Waals surface area contributed by atoms with Gasteiger partial charge in [0.1, 0.15) is 11.9 Å². The lowest BCUT2D eigenvalue weighted by molar-refractivity contribution is -0.133. The lowest BCUT2D eigenvalue weighted by atomic mass is 10.1. The molecule has 9 nitrogen and oxygen atoms in total. The van der Waals surface area contributed by atoms with Crippen molar-refractivity contribution in [3.05, 3.63) is 59.2 Å². The number of amides is 1. The van der Waals surface area contributed by atoms with Gasteiger partial charge in [0.25, 0.3) is 16.1 Å². The SMILES string of the molecule is CN([C@@H](CCc1ccccc1)C(=O)NO)S(=O)(=O)N1CCN(c2ccc(Cl)cn2)CC1. The first kappa shape index (κ1) is 23.4. The third-order valence-corrected chi connectivity index (χ3v) is 7.59. The van der Waals surface area contributed by atoms with Crippen molar-refractivity contribution in [3.8, 4) is 0 Å². The second kappa shape index (κ2) is 10.4. The first-order valence-corrected chi connectivity index (χ1v) is 11.7. The summed E-state index contributed by atoms with van der Waals surface area (Å²) in [4.78, 5) is 18.5. The molecule has 31 heavy (non-hydrogen) atoms. The van der Waals surface area contributed by atoms with Crippen LogP contribution < -0.4 is 10.4 Å². The second-order valence-electron chi connectivity index (χ2n) is 7.26. The van der Waals surface area contributed by atoms with Crippen LogP contribution in [0.4, 0.5) is 5.82 Å². The molecule has 1 amide bonds. The Morgan fingerprint density at radius 1 is 1.19 bits per heavy atom. The molecule has 0 saturated carbocycles. The van der Waals surface area contributed by atoms with Crippen molar-refractivity contribution in [1.29, 1.82) is 0 Å². The fraction of sp³-hybridized carbons (Fsp3) is 0.400. The number of piperazine rings is 1. The summed E-state index contributed by atoms with van der Waals surface area (Å²) in [7, 11) is -2.54. The minimum Gasteiger partial charge on any atom is -0.354 e. The quantitative estimate of drug-likeness (QED) is 0.450. The Bertz CT molecular complexity index is 967. The van der Waals surface area contributed by atoms with Gasteiger partial charge in [0.05, 0.1) is 5.02 Å². The summed E-state index contributed by atoms with van der Waals surface area (Å²) in [6.45, 7) is 1.43.